The molecule has 0 radical (unpaired) electrons. The van der Waals surface area contributed by atoms with Crippen LogP contribution < -0.4 is 10.0 Å². The predicted molar refractivity (Wildman–Crippen MR) is 145 cm³/mol. The molecule has 8 nitrogen and oxygen atoms in total. The Balaban J connectivity index is 1.74. The number of pyridine rings is 1. The van der Waals surface area contributed by atoms with Crippen LogP contribution in [0.2, 0.25) is 0 Å². The summed E-state index contributed by atoms with van der Waals surface area (Å²) in [7, 11) is 0. The van der Waals surface area contributed by atoms with Gasteiger partial charge in [-0.2, -0.15) is 0 Å². The molecule has 2 fully saturated rings. The van der Waals surface area contributed by atoms with Crippen LogP contribution in [0.1, 0.15) is 70.9 Å². The van der Waals surface area contributed by atoms with Gasteiger partial charge in [-0.3, -0.25) is 14.7 Å². The van der Waals surface area contributed by atoms with Crippen molar-refractivity contribution >= 4 is 29.0 Å². The number of rotatable bonds is 9. The summed E-state index contributed by atoms with van der Waals surface area (Å²) in [6.07, 6.45) is 6.37. The summed E-state index contributed by atoms with van der Waals surface area (Å²) in [4.78, 5) is 30.1. The van der Waals surface area contributed by atoms with Crippen LogP contribution in [0, 0.1) is 17.7 Å². The molecule has 0 bridgehead atoms. The number of nitrogens with one attached hydrogen (secondary N) is 2. The summed E-state index contributed by atoms with van der Waals surface area (Å²) >= 11 is -1.46. The summed E-state index contributed by atoms with van der Waals surface area (Å²) in [5.74, 6) is -0.576. The summed E-state index contributed by atoms with van der Waals surface area (Å²) < 4.78 is 31.4. The lowest BCUT2D eigenvalue weighted by Crippen LogP contribution is -2.52. The lowest BCUT2D eigenvalue weighted by molar-refractivity contribution is -0.119. The van der Waals surface area contributed by atoms with E-state index in [9.17, 15) is 19.2 Å². The molecule has 1 aliphatic heterocycles. The van der Waals surface area contributed by atoms with Gasteiger partial charge in [0.2, 0.25) is 5.91 Å². The van der Waals surface area contributed by atoms with Gasteiger partial charge in [0.05, 0.1) is 5.69 Å². The summed E-state index contributed by atoms with van der Waals surface area (Å²) in [6.45, 7) is 7.81. The molecular formula is C28H37FN4O4S. The first kappa shape index (κ1) is 28.3. The van der Waals surface area contributed by atoms with Gasteiger partial charge in [-0.25, -0.2) is 9.18 Å². The number of halogens is 1. The quantitative estimate of drug-likeness (QED) is 0.381. The Kier molecular flexibility index (Phi) is 8.34. The number of nitrogens with zero attached hydrogens (tertiary/aromatic N) is 2. The molecule has 2 aliphatic rings. The van der Waals surface area contributed by atoms with Gasteiger partial charge in [0.25, 0.3) is 0 Å². The average Bonchev–Trinajstić information content (AvgIpc) is 3.61. The molecule has 3 N–H and O–H groups in total. The summed E-state index contributed by atoms with van der Waals surface area (Å²) in [5, 5.41) is 12.2. The number of anilines is 1. The predicted octanol–water partition coefficient (Wildman–Crippen LogP) is 5.03. The van der Waals surface area contributed by atoms with E-state index < -0.39 is 45.5 Å². The van der Waals surface area contributed by atoms with Crippen LogP contribution in [0.4, 0.5) is 14.9 Å². The van der Waals surface area contributed by atoms with Gasteiger partial charge in [0, 0.05) is 30.3 Å². The van der Waals surface area contributed by atoms with Crippen LogP contribution in [-0.2, 0) is 21.7 Å². The van der Waals surface area contributed by atoms with Crippen LogP contribution in [0.25, 0.3) is 0 Å². The van der Waals surface area contributed by atoms with Gasteiger partial charge in [-0.1, -0.05) is 25.8 Å². The molecule has 1 saturated carbocycles. The molecule has 2 unspecified atom stereocenters. The minimum Gasteiger partial charge on any atom is -0.598 e. The van der Waals surface area contributed by atoms with E-state index in [4.69, 9.17) is 0 Å². The van der Waals surface area contributed by atoms with Gasteiger partial charge < -0.3 is 15.0 Å². The van der Waals surface area contributed by atoms with Crippen molar-refractivity contribution in [2.45, 2.75) is 76.1 Å². The second-order valence-electron chi connectivity index (χ2n) is 11.6. The number of carboxylic acid groups (broad SMARTS) is 1. The first-order chi connectivity index (χ1) is 17.9. The summed E-state index contributed by atoms with van der Waals surface area (Å²) in [5.41, 5.74) is 0.543. The number of carbonyl (C=O) groups excluding carboxylic acids is 1. The normalized spacial score (nSPS) is 22.1. The van der Waals surface area contributed by atoms with E-state index in [1.807, 2.05) is 39.8 Å². The first-order valence-electron chi connectivity index (χ1n) is 13.1. The molecule has 1 aromatic heterocycles. The third-order valence-electron chi connectivity index (χ3n) is 7.40. The van der Waals surface area contributed by atoms with Gasteiger partial charge in [-0.05, 0) is 87.3 Å². The molecule has 0 spiro atoms. The number of carbonyl (C=O) groups is 2. The fourth-order valence-corrected chi connectivity index (χ4v) is 5.97. The van der Waals surface area contributed by atoms with Crippen molar-refractivity contribution in [3.05, 3.63) is 59.7 Å². The maximum absolute atomic E-state index is 15.1. The van der Waals surface area contributed by atoms with Gasteiger partial charge in [-0.15, -0.1) is 4.72 Å². The molecule has 1 aromatic carbocycles. The first-order valence-corrected chi connectivity index (χ1v) is 14.3. The Bertz CT molecular complexity index is 1160. The molecule has 2 aromatic rings. The highest BCUT2D eigenvalue weighted by Crippen LogP contribution is 2.43. The number of hydrogen-bond acceptors (Lipinski definition) is 5. The zero-order chi connectivity index (χ0) is 27.7. The van der Waals surface area contributed by atoms with Crippen molar-refractivity contribution in [2.24, 2.45) is 11.8 Å². The molecule has 1 saturated heterocycles. The largest absolute Gasteiger partial charge is 0.598 e. The van der Waals surface area contributed by atoms with E-state index in [-0.39, 0.29) is 18.2 Å². The van der Waals surface area contributed by atoms with Crippen LogP contribution in [0.3, 0.4) is 0 Å². The molecule has 4 atom stereocenters. The minimum atomic E-state index is -1.46. The molecule has 206 valence electrons. The van der Waals surface area contributed by atoms with Crippen molar-refractivity contribution < 1.29 is 23.6 Å². The SMILES string of the molecule is C[C@@H]1C[C@H](C(=O)Nc2cc(C(CCC3CC3)(N[S+]([O-])C(C)(C)C)c3ccncc3)ccc2F)N(C(=O)O)C1. The van der Waals surface area contributed by atoms with Gasteiger partial charge in [0.15, 0.2) is 0 Å². The van der Waals surface area contributed by atoms with Crippen molar-refractivity contribution in [3.8, 4) is 0 Å². The molecule has 4 rings (SSSR count). The number of likely N-dealkylation sites (tertiary alicyclic amines) is 1. The van der Waals surface area contributed by atoms with E-state index in [0.717, 1.165) is 29.7 Å². The Labute approximate surface area is 226 Å². The highest BCUT2D eigenvalue weighted by molar-refractivity contribution is 7.90. The maximum atomic E-state index is 15.1. The van der Waals surface area contributed by atoms with Crippen molar-refractivity contribution in [2.75, 3.05) is 11.9 Å². The number of benzene rings is 1. The van der Waals surface area contributed by atoms with Crippen LogP contribution in [0.15, 0.2) is 42.7 Å². The second-order valence-corrected chi connectivity index (χ2v) is 13.5. The zero-order valence-electron chi connectivity index (χ0n) is 22.4. The van der Waals surface area contributed by atoms with E-state index in [0.29, 0.717) is 24.3 Å². The van der Waals surface area contributed by atoms with Crippen molar-refractivity contribution in [1.82, 2.24) is 14.6 Å². The lowest BCUT2D eigenvalue weighted by atomic mass is 9.79. The van der Waals surface area contributed by atoms with Gasteiger partial charge >= 0.3 is 6.09 Å². The van der Waals surface area contributed by atoms with E-state index >= 15 is 4.39 Å². The fourth-order valence-electron chi connectivity index (χ4n) is 5.01. The highest BCUT2D eigenvalue weighted by Gasteiger charge is 2.44. The zero-order valence-corrected chi connectivity index (χ0v) is 23.2. The molecule has 2 amide bonds. The molecule has 1 aliphatic carbocycles. The molecule has 38 heavy (non-hydrogen) atoms. The van der Waals surface area contributed by atoms with Gasteiger partial charge in [0.1, 0.15) is 22.1 Å². The van der Waals surface area contributed by atoms with E-state index in [1.165, 1.54) is 6.07 Å². The third kappa shape index (κ3) is 6.30. The Morgan fingerprint density at radius 1 is 1.18 bits per heavy atom. The Hall–Kier alpha value is -2.69. The van der Waals surface area contributed by atoms with Crippen LogP contribution >= 0.6 is 0 Å². The standard InChI is InChI=1S/C28H37FN4O4S/c1-18-15-24(33(17-18)26(35)36)25(34)31-23-16-21(7-8-22(23)29)28(12-9-19-5-6-19,20-10-13-30-14-11-20)32-38(37)27(2,3)4/h7-8,10-11,13-14,16,18-19,24,32H,5-6,9,12,15,17H2,1-4H3,(H,31,34)(H,35,36)/t18-,24-,28?,38?/m1/s1. The van der Waals surface area contributed by atoms with Crippen LogP contribution in [-0.4, -0.2) is 48.9 Å². The topological polar surface area (TPSA) is 118 Å². The van der Waals surface area contributed by atoms with E-state index in [1.54, 1.807) is 24.5 Å². The second kappa shape index (κ2) is 11.2. The lowest BCUT2D eigenvalue weighted by Gasteiger charge is -2.39. The number of amides is 2. The minimum absolute atomic E-state index is 0.0244. The number of aromatic nitrogens is 1. The molecule has 2 heterocycles. The Morgan fingerprint density at radius 2 is 1.87 bits per heavy atom. The smallest absolute Gasteiger partial charge is 0.407 e. The van der Waals surface area contributed by atoms with Crippen LogP contribution in [0.5, 0.6) is 0 Å². The highest BCUT2D eigenvalue weighted by atomic mass is 32.2. The van der Waals surface area contributed by atoms with Crippen molar-refractivity contribution in [1.29, 1.82) is 0 Å². The molecule has 10 heteroatoms. The Morgan fingerprint density at radius 3 is 2.47 bits per heavy atom. The monoisotopic (exact) mass is 544 g/mol. The van der Waals surface area contributed by atoms with E-state index in [2.05, 4.69) is 15.0 Å². The van der Waals surface area contributed by atoms with Crippen molar-refractivity contribution in [3.63, 3.8) is 0 Å². The maximum Gasteiger partial charge on any atom is 0.407 e. The summed E-state index contributed by atoms with van der Waals surface area (Å²) in [6, 6.07) is 7.38. The molecular weight excluding hydrogens is 507 g/mol. The fraction of sp³-hybridized carbons (Fsp3) is 0.536. The third-order valence-corrected chi connectivity index (χ3v) is 9.04. The number of hydrogen-bond donors (Lipinski definition) is 3. The average molecular weight is 545 g/mol.